The molecule has 0 fully saturated rings. The van der Waals surface area contributed by atoms with Crippen LogP contribution in [0.1, 0.15) is 10.4 Å². The first-order valence-corrected chi connectivity index (χ1v) is 10.0. The monoisotopic (exact) mass is 421 g/mol. The van der Waals surface area contributed by atoms with E-state index >= 15 is 0 Å². The summed E-state index contributed by atoms with van der Waals surface area (Å²) in [6.07, 6.45) is 1.55. The number of hydrogen-bond donors (Lipinski definition) is 0. The molecular weight excluding hydrogens is 406 g/mol. The van der Waals surface area contributed by atoms with Crippen LogP contribution in [0.15, 0.2) is 64.5 Å². The maximum absolute atomic E-state index is 13.1. The Morgan fingerprint density at radius 1 is 1.12 bits per heavy atom. The molecule has 0 N–H and O–H groups in total. The highest BCUT2D eigenvalue weighted by Crippen LogP contribution is 2.27. The molecule has 0 aliphatic carbocycles. The molecule has 25 heavy (non-hydrogen) atoms. The lowest BCUT2D eigenvalue weighted by Crippen LogP contribution is -2.41. The van der Waals surface area contributed by atoms with Crippen molar-refractivity contribution in [1.29, 1.82) is 0 Å². The van der Waals surface area contributed by atoms with Gasteiger partial charge in [-0.3, -0.25) is 4.79 Å². The second-order valence-electron chi connectivity index (χ2n) is 5.61. The lowest BCUT2D eigenvalue weighted by molar-refractivity contribution is 0.0983. The number of nitrogens with zero attached hydrogens (tertiary/aromatic N) is 1. The van der Waals surface area contributed by atoms with E-state index in [1.807, 2.05) is 12.1 Å². The third-order valence-corrected chi connectivity index (χ3v) is 5.81. The van der Waals surface area contributed by atoms with Gasteiger partial charge >= 0.3 is 0 Å². The van der Waals surface area contributed by atoms with Crippen molar-refractivity contribution in [2.75, 3.05) is 17.8 Å². The van der Waals surface area contributed by atoms with Crippen molar-refractivity contribution in [3.8, 4) is 5.75 Å². The predicted molar refractivity (Wildman–Crippen MR) is 101 cm³/mol. The zero-order chi connectivity index (χ0) is 18.0. The molecule has 1 atom stereocenters. The number of amides is 1. The average molecular weight is 422 g/mol. The molecule has 5 nitrogen and oxygen atoms in total. The zero-order valence-corrected chi connectivity index (χ0v) is 15.8. The van der Waals surface area contributed by atoms with Gasteiger partial charge in [0, 0.05) is 21.1 Å². The SMILES string of the molecule is COc1ccc(C(=O)N(c2ccc(Br)cc2)[C@@H]2C=CS(=O)(=O)C2)cc1. The van der Waals surface area contributed by atoms with Gasteiger partial charge in [-0.25, -0.2) is 8.42 Å². The van der Waals surface area contributed by atoms with Crippen LogP contribution in [-0.2, 0) is 9.84 Å². The zero-order valence-electron chi connectivity index (χ0n) is 13.4. The van der Waals surface area contributed by atoms with Crippen molar-refractivity contribution in [1.82, 2.24) is 0 Å². The van der Waals surface area contributed by atoms with Gasteiger partial charge in [0.15, 0.2) is 9.84 Å². The smallest absolute Gasteiger partial charge is 0.258 e. The summed E-state index contributed by atoms with van der Waals surface area (Å²) in [5, 5.41) is 1.17. The molecule has 0 unspecified atom stereocenters. The third kappa shape index (κ3) is 3.93. The maximum atomic E-state index is 13.1. The van der Waals surface area contributed by atoms with Gasteiger partial charge < -0.3 is 9.64 Å². The minimum absolute atomic E-state index is 0.120. The van der Waals surface area contributed by atoms with E-state index in [9.17, 15) is 13.2 Å². The number of halogens is 1. The summed E-state index contributed by atoms with van der Waals surface area (Å²) in [7, 11) is -1.73. The van der Waals surface area contributed by atoms with Gasteiger partial charge in [-0.15, -0.1) is 0 Å². The van der Waals surface area contributed by atoms with Crippen molar-refractivity contribution in [3.05, 3.63) is 70.1 Å². The molecule has 3 rings (SSSR count). The number of methoxy groups -OCH3 is 1. The van der Waals surface area contributed by atoms with E-state index in [2.05, 4.69) is 15.9 Å². The van der Waals surface area contributed by atoms with Crippen LogP contribution in [0.2, 0.25) is 0 Å². The molecule has 130 valence electrons. The number of rotatable bonds is 4. The molecule has 0 saturated carbocycles. The van der Waals surface area contributed by atoms with Crippen LogP contribution in [0.5, 0.6) is 5.75 Å². The highest BCUT2D eigenvalue weighted by atomic mass is 79.9. The normalized spacial score (nSPS) is 18.1. The Hall–Kier alpha value is -2.12. The first-order valence-electron chi connectivity index (χ1n) is 7.54. The molecular formula is C18H16BrNO4S. The quantitative estimate of drug-likeness (QED) is 0.758. The molecule has 0 saturated heterocycles. The Labute approximate surface area is 155 Å². The lowest BCUT2D eigenvalue weighted by atomic mass is 10.1. The fraction of sp³-hybridized carbons (Fsp3) is 0.167. The Morgan fingerprint density at radius 2 is 1.76 bits per heavy atom. The minimum Gasteiger partial charge on any atom is -0.497 e. The number of ether oxygens (including phenoxy) is 1. The average Bonchev–Trinajstić information content (AvgIpc) is 2.96. The first-order chi connectivity index (χ1) is 11.9. The Morgan fingerprint density at radius 3 is 2.28 bits per heavy atom. The fourth-order valence-corrected chi connectivity index (χ4v) is 4.19. The molecule has 1 amide bonds. The number of carbonyl (C=O) groups excluding carboxylic acids is 1. The topological polar surface area (TPSA) is 63.7 Å². The van der Waals surface area contributed by atoms with Crippen LogP contribution in [0.3, 0.4) is 0 Å². The number of carbonyl (C=O) groups is 1. The maximum Gasteiger partial charge on any atom is 0.258 e. The molecule has 1 aliphatic rings. The second-order valence-corrected chi connectivity index (χ2v) is 8.45. The Bertz CT molecular complexity index is 905. The van der Waals surface area contributed by atoms with Crippen molar-refractivity contribution in [2.45, 2.75) is 6.04 Å². The standard InChI is InChI=1S/C18H16BrNO4S/c1-24-17-8-2-13(3-9-17)18(21)20(15-6-4-14(19)5-7-15)16-10-11-25(22,23)12-16/h2-11,16H,12H2,1H3/t16-/m1/s1. The summed E-state index contributed by atoms with van der Waals surface area (Å²) in [4.78, 5) is 14.6. The summed E-state index contributed by atoms with van der Waals surface area (Å²) < 4.78 is 29.6. The van der Waals surface area contributed by atoms with Crippen molar-refractivity contribution in [3.63, 3.8) is 0 Å². The summed E-state index contributed by atoms with van der Waals surface area (Å²) in [5.74, 6) is 0.261. The molecule has 0 aromatic heterocycles. The van der Waals surface area contributed by atoms with E-state index in [1.165, 1.54) is 10.3 Å². The van der Waals surface area contributed by atoms with Crippen molar-refractivity contribution < 1.29 is 17.9 Å². The molecule has 0 bridgehead atoms. The lowest BCUT2D eigenvalue weighted by Gasteiger charge is -2.28. The van der Waals surface area contributed by atoms with Gasteiger partial charge in [0.25, 0.3) is 5.91 Å². The van der Waals surface area contributed by atoms with Gasteiger partial charge in [0.2, 0.25) is 0 Å². The van der Waals surface area contributed by atoms with Gasteiger partial charge in [0.1, 0.15) is 5.75 Å². The molecule has 0 radical (unpaired) electrons. The largest absolute Gasteiger partial charge is 0.497 e. The summed E-state index contributed by atoms with van der Waals surface area (Å²) in [5.41, 5.74) is 1.09. The summed E-state index contributed by atoms with van der Waals surface area (Å²) in [6.45, 7) is 0. The highest BCUT2D eigenvalue weighted by molar-refractivity contribution is 9.10. The summed E-state index contributed by atoms with van der Waals surface area (Å²) >= 11 is 3.37. The molecule has 0 spiro atoms. The number of hydrogen-bond acceptors (Lipinski definition) is 4. The van der Waals surface area contributed by atoms with Gasteiger partial charge in [0.05, 0.1) is 18.9 Å². The first kappa shape index (κ1) is 17.7. The van der Waals surface area contributed by atoms with E-state index in [4.69, 9.17) is 4.74 Å². The second kappa shape index (κ2) is 7.01. The van der Waals surface area contributed by atoms with Crippen molar-refractivity contribution >= 4 is 37.4 Å². The van der Waals surface area contributed by atoms with Crippen LogP contribution >= 0.6 is 15.9 Å². The number of sulfone groups is 1. The highest BCUT2D eigenvalue weighted by Gasteiger charge is 2.32. The molecule has 2 aromatic carbocycles. The third-order valence-electron chi connectivity index (χ3n) is 3.90. The predicted octanol–water partition coefficient (Wildman–Crippen LogP) is 3.42. The molecule has 1 aliphatic heterocycles. The van der Waals surface area contributed by atoms with E-state index in [0.29, 0.717) is 17.0 Å². The Kier molecular flexibility index (Phi) is 4.96. The van der Waals surface area contributed by atoms with Crippen molar-refractivity contribution in [2.24, 2.45) is 0 Å². The van der Waals surface area contributed by atoms with E-state index in [0.717, 1.165) is 4.47 Å². The van der Waals surface area contributed by atoms with Gasteiger partial charge in [-0.2, -0.15) is 0 Å². The fourth-order valence-electron chi connectivity index (χ4n) is 2.65. The molecule has 7 heteroatoms. The number of benzene rings is 2. The van der Waals surface area contributed by atoms with E-state index < -0.39 is 15.9 Å². The van der Waals surface area contributed by atoms with Crippen LogP contribution in [0.4, 0.5) is 5.69 Å². The number of anilines is 1. The van der Waals surface area contributed by atoms with Crippen LogP contribution in [0, 0.1) is 0 Å². The molecule has 2 aromatic rings. The van der Waals surface area contributed by atoms with Crippen LogP contribution in [-0.4, -0.2) is 33.2 Å². The van der Waals surface area contributed by atoms with Gasteiger partial charge in [-0.05, 0) is 54.6 Å². The van der Waals surface area contributed by atoms with Crippen LogP contribution < -0.4 is 9.64 Å². The van der Waals surface area contributed by atoms with Gasteiger partial charge in [-0.1, -0.05) is 15.9 Å². The van der Waals surface area contributed by atoms with E-state index in [-0.39, 0.29) is 11.7 Å². The summed E-state index contributed by atoms with van der Waals surface area (Å²) in [6, 6.07) is 13.4. The minimum atomic E-state index is -3.29. The van der Waals surface area contributed by atoms with E-state index in [1.54, 1.807) is 49.6 Å². The molecule has 1 heterocycles. The Balaban J connectivity index is 1.99. The van der Waals surface area contributed by atoms with Crippen LogP contribution in [0.25, 0.3) is 0 Å².